The van der Waals surface area contributed by atoms with Gasteiger partial charge in [-0.3, -0.25) is 9.36 Å². The van der Waals surface area contributed by atoms with E-state index in [1.807, 2.05) is 55.9 Å². The summed E-state index contributed by atoms with van der Waals surface area (Å²) in [5.74, 6) is 0.607. The van der Waals surface area contributed by atoms with Gasteiger partial charge in [-0.05, 0) is 94.4 Å². The first-order chi connectivity index (χ1) is 24.3. The fourth-order valence-corrected chi connectivity index (χ4v) is 6.77. The van der Waals surface area contributed by atoms with Gasteiger partial charge in [0.1, 0.15) is 35.4 Å². The zero-order valence-corrected chi connectivity index (χ0v) is 28.8. The van der Waals surface area contributed by atoms with Crippen LogP contribution < -0.4 is 10.6 Å². The molecule has 1 amide bonds. The molecule has 12 nitrogen and oxygen atoms in total. The fourth-order valence-electron chi connectivity index (χ4n) is 5.79. The third-order valence-electron chi connectivity index (χ3n) is 8.44. The summed E-state index contributed by atoms with van der Waals surface area (Å²) in [7, 11) is 4.00. The highest BCUT2D eigenvalue weighted by molar-refractivity contribution is 7.99. The number of hydrogen-bond donors (Lipinski definition) is 3. The Morgan fingerprint density at radius 3 is 2.76 bits per heavy atom. The van der Waals surface area contributed by atoms with Gasteiger partial charge in [0.15, 0.2) is 16.5 Å². The number of imidazole rings is 2. The van der Waals surface area contributed by atoms with E-state index in [1.54, 1.807) is 24.7 Å². The third kappa shape index (κ3) is 7.22. The lowest BCUT2D eigenvalue weighted by molar-refractivity contribution is -0.0298. The number of nitrogens with one attached hydrogen (secondary N) is 3. The maximum atomic E-state index is 13.8. The van der Waals surface area contributed by atoms with E-state index in [0.29, 0.717) is 51.4 Å². The molecule has 14 heteroatoms. The molecule has 0 bridgehead atoms. The molecule has 7 rings (SSSR count). The number of nitrogens with zero attached hydrogens (tertiary/aromatic N) is 7. The van der Waals surface area contributed by atoms with Gasteiger partial charge < -0.3 is 25.3 Å². The van der Waals surface area contributed by atoms with E-state index in [2.05, 4.69) is 40.5 Å². The van der Waals surface area contributed by atoms with E-state index < -0.39 is 5.91 Å². The second kappa shape index (κ2) is 14.7. The van der Waals surface area contributed by atoms with Gasteiger partial charge in [0.2, 0.25) is 0 Å². The Kier molecular flexibility index (Phi) is 9.83. The van der Waals surface area contributed by atoms with Crippen LogP contribution in [0.1, 0.15) is 41.5 Å². The van der Waals surface area contributed by atoms with Gasteiger partial charge in [-0.15, -0.1) is 0 Å². The fraction of sp³-hybridized carbons (Fsp3) is 0.278. The van der Waals surface area contributed by atoms with Crippen LogP contribution in [-0.4, -0.2) is 78.3 Å². The van der Waals surface area contributed by atoms with Crippen LogP contribution in [0.2, 0.25) is 0 Å². The van der Waals surface area contributed by atoms with Crippen LogP contribution in [0, 0.1) is 12.7 Å². The van der Waals surface area contributed by atoms with E-state index in [-0.39, 0.29) is 17.7 Å². The minimum absolute atomic E-state index is 0.106. The monoisotopic (exact) mass is 692 g/mol. The number of amides is 1. The molecule has 1 aliphatic heterocycles. The zero-order valence-electron chi connectivity index (χ0n) is 28.0. The van der Waals surface area contributed by atoms with E-state index in [4.69, 9.17) is 9.72 Å². The van der Waals surface area contributed by atoms with Crippen molar-refractivity contribution < 1.29 is 13.9 Å². The number of rotatable bonds is 11. The molecule has 1 atom stereocenters. The number of aromatic amines is 1. The zero-order chi connectivity index (χ0) is 34.6. The van der Waals surface area contributed by atoms with Gasteiger partial charge in [0.25, 0.3) is 5.91 Å². The normalized spacial score (nSPS) is 14.7. The summed E-state index contributed by atoms with van der Waals surface area (Å²) < 4.78 is 21.7. The molecule has 0 saturated carbocycles. The number of carbonyl (C=O) groups excluding carboxylic acids is 1. The number of anilines is 3. The first kappa shape index (κ1) is 33.3. The Labute approximate surface area is 292 Å². The van der Waals surface area contributed by atoms with Gasteiger partial charge in [-0.1, -0.05) is 17.8 Å². The Balaban J connectivity index is 1.15. The van der Waals surface area contributed by atoms with Crippen molar-refractivity contribution in [2.75, 3.05) is 43.6 Å². The number of aryl methyl sites for hydroxylation is 1. The predicted octanol–water partition coefficient (Wildman–Crippen LogP) is 7.07. The lowest BCUT2D eigenvalue weighted by Crippen LogP contribution is -2.17. The number of hydrogen-bond acceptors (Lipinski definition) is 10. The number of fused-ring (bicyclic) bond motifs is 1. The topological polar surface area (TPSA) is 139 Å². The van der Waals surface area contributed by atoms with Crippen molar-refractivity contribution in [1.29, 1.82) is 0 Å². The van der Waals surface area contributed by atoms with Crippen molar-refractivity contribution in [3.05, 3.63) is 90.5 Å². The quantitative estimate of drug-likeness (QED) is 0.121. The molecule has 1 aliphatic rings. The van der Waals surface area contributed by atoms with E-state index in [0.717, 1.165) is 48.4 Å². The van der Waals surface area contributed by atoms with E-state index in [1.165, 1.54) is 30.2 Å². The lowest BCUT2D eigenvalue weighted by atomic mass is 10.1. The van der Waals surface area contributed by atoms with Crippen molar-refractivity contribution in [2.24, 2.45) is 0 Å². The smallest absolute Gasteiger partial charge is 0.276 e. The third-order valence-corrected chi connectivity index (χ3v) is 9.30. The molecule has 1 unspecified atom stereocenters. The first-order valence-corrected chi connectivity index (χ1v) is 17.4. The molecule has 2 aromatic carbocycles. The van der Waals surface area contributed by atoms with Crippen LogP contribution in [0.25, 0.3) is 33.7 Å². The summed E-state index contributed by atoms with van der Waals surface area (Å²) in [6.07, 6.45) is 7.96. The van der Waals surface area contributed by atoms with Crippen LogP contribution in [0.5, 0.6) is 0 Å². The van der Waals surface area contributed by atoms with Gasteiger partial charge in [-0.2, -0.15) is 0 Å². The molecule has 0 radical (unpaired) electrons. The second-order valence-corrected chi connectivity index (χ2v) is 13.4. The average molecular weight is 693 g/mol. The van der Waals surface area contributed by atoms with Crippen molar-refractivity contribution >= 4 is 46.0 Å². The van der Waals surface area contributed by atoms with Crippen molar-refractivity contribution in [1.82, 2.24) is 39.4 Å². The van der Waals surface area contributed by atoms with Crippen LogP contribution in [-0.2, 0) is 4.74 Å². The van der Waals surface area contributed by atoms with Gasteiger partial charge in [-0.25, -0.2) is 29.3 Å². The van der Waals surface area contributed by atoms with Crippen LogP contribution in [0.15, 0.2) is 78.6 Å². The molecule has 3 N–H and O–H groups in total. The van der Waals surface area contributed by atoms with Crippen LogP contribution in [0.3, 0.4) is 0 Å². The number of aromatic nitrogens is 7. The molecule has 1 saturated heterocycles. The van der Waals surface area contributed by atoms with Gasteiger partial charge in [0, 0.05) is 47.6 Å². The van der Waals surface area contributed by atoms with Gasteiger partial charge >= 0.3 is 0 Å². The Morgan fingerprint density at radius 2 is 1.96 bits per heavy atom. The number of carbonyl (C=O) groups is 1. The molecule has 1 fully saturated rings. The largest absolute Gasteiger partial charge is 0.358 e. The summed E-state index contributed by atoms with van der Waals surface area (Å²) >= 11 is 1.52. The highest BCUT2D eigenvalue weighted by Crippen LogP contribution is 2.34. The summed E-state index contributed by atoms with van der Waals surface area (Å²) in [4.78, 5) is 42.3. The molecule has 6 aromatic rings. The molecule has 256 valence electrons. The summed E-state index contributed by atoms with van der Waals surface area (Å²) in [6.45, 7) is 3.53. The molecular formula is C36H37FN10O2S. The number of thioether (sulfide) groups is 1. The van der Waals surface area contributed by atoms with E-state index >= 15 is 0 Å². The Bertz CT molecular complexity index is 2130. The molecule has 0 spiro atoms. The number of benzene rings is 2. The molecule has 5 heterocycles. The maximum absolute atomic E-state index is 13.8. The number of halogens is 1. The second-order valence-electron chi connectivity index (χ2n) is 12.3. The highest BCUT2D eigenvalue weighted by Gasteiger charge is 2.23. The van der Waals surface area contributed by atoms with Crippen LogP contribution in [0.4, 0.5) is 21.6 Å². The molecular weight excluding hydrogens is 656 g/mol. The minimum Gasteiger partial charge on any atom is -0.358 e. The van der Waals surface area contributed by atoms with Crippen molar-refractivity contribution in [3.8, 4) is 22.5 Å². The molecule has 0 aliphatic carbocycles. The first-order valence-electron chi connectivity index (χ1n) is 16.4. The highest BCUT2D eigenvalue weighted by atomic mass is 32.2. The predicted molar refractivity (Wildman–Crippen MR) is 193 cm³/mol. The number of ether oxygens (including phenoxy) is 1. The maximum Gasteiger partial charge on any atom is 0.276 e. The standard InChI is InChI=1S/C36H37FN10O2S/c1-22-9-14-25(42-35(48)32-29(23-10-12-24(37)13-11-23)44-36(45-32)50-18-16-46(2)3)19-27(22)43-33-26(7-6-15-38-33)30-31-34(40-20-39-30)47(21-41-31)28-8-4-5-17-49-28/h6-7,9-15,19-21,28H,4-5,8,16-18H2,1-3H3,(H,38,43)(H,42,48)(H,44,45). The number of pyridine rings is 1. The molecule has 4 aromatic heterocycles. The van der Waals surface area contributed by atoms with Crippen molar-refractivity contribution in [2.45, 2.75) is 37.6 Å². The minimum atomic E-state index is -0.394. The lowest BCUT2D eigenvalue weighted by Gasteiger charge is -2.23. The van der Waals surface area contributed by atoms with E-state index in [9.17, 15) is 9.18 Å². The van der Waals surface area contributed by atoms with Crippen LogP contribution >= 0.6 is 11.8 Å². The number of H-pyrrole nitrogens is 1. The SMILES string of the molecule is Cc1ccc(NC(=O)c2nc(SCCN(C)C)[nH]c2-c2ccc(F)cc2)cc1Nc1ncccc1-c1ncnc2c1ncn2C1CCCCO1. The summed E-state index contributed by atoms with van der Waals surface area (Å²) in [5, 5.41) is 7.08. The Hall–Kier alpha value is -5.18. The van der Waals surface area contributed by atoms with Crippen molar-refractivity contribution in [3.63, 3.8) is 0 Å². The summed E-state index contributed by atoms with van der Waals surface area (Å²) in [5.41, 5.74) is 6.41. The average Bonchev–Trinajstić information content (AvgIpc) is 3.76. The Morgan fingerprint density at radius 1 is 1.10 bits per heavy atom. The molecule has 50 heavy (non-hydrogen) atoms. The van der Waals surface area contributed by atoms with Gasteiger partial charge in [0.05, 0.1) is 12.0 Å². The summed E-state index contributed by atoms with van der Waals surface area (Å²) in [6, 6.07) is 15.4.